The Hall–Kier alpha value is -1.71. The number of nitrogens with zero attached hydrogens (tertiary/aromatic N) is 3. The summed E-state index contributed by atoms with van der Waals surface area (Å²) in [6.45, 7) is 1.46. The lowest BCUT2D eigenvalue weighted by atomic mass is 10.1. The first-order chi connectivity index (χ1) is 12.6. The van der Waals surface area contributed by atoms with Gasteiger partial charge in [-0.25, -0.2) is 14.4 Å². The van der Waals surface area contributed by atoms with Crippen LogP contribution in [-0.2, 0) is 6.18 Å². The SMILES string of the molecule is C[C@@H](Oc1nc(C(F)(F)F)nc2ncc(Br)cc12)c1c(Cl)ccc(F)c1Cl. The maximum absolute atomic E-state index is 13.7. The summed E-state index contributed by atoms with van der Waals surface area (Å²) < 4.78 is 59.1. The van der Waals surface area contributed by atoms with Crippen molar-refractivity contribution in [1.29, 1.82) is 0 Å². The average Bonchev–Trinajstić information content (AvgIpc) is 2.58. The third kappa shape index (κ3) is 4.09. The van der Waals surface area contributed by atoms with Crippen LogP contribution in [0.5, 0.6) is 5.88 Å². The number of ether oxygens (including phenoxy) is 1. The molecule has 11 heteroatoms. The predicted molar refractivity (Wildman–Crippen MR) is 95.5 cm³/mol. The van der Waals surface area contributed by atoms with Crippen LogP contribution < -0.4 is 4.74 Å². The van der Waals surface area contributed by atoms with Gasteiger partial charge in [-0.05, 0) is 41.1 Å². The number of benzene rings is 1. The normalized spacial score (nSPS) is 13.0. The van der Waals surface area contributed by atoms with Gasteiger partial charge in [0.05, 0.1) is 10.4 Å². The van der Waals surface area contributed by atoms with E-state index in [0.29, 0.717) is 4.47 Å². The number of halogens is 7. The molecule has 0 N–H and O–H groups in total. The van der Waals surface area contributed by atoms with Gasteiger partial charge < -0.3 is 4.74 Å². The first-order valence-corrected chi connectivity index (χ1v) is 8.83. The van der Waals surface area contributed by atoms with Gasteiger partial charge in [0.25, 0.3) is 0 Å². The first kappa shape index (κ1) is 20.0. The van der Waals surface area contributed by atoms with Gasteiger partial charge in [0.1, 0.15) is 11.9 Å². The van der Waals surface area contributed by atoms with Crippen molar-refractivity contribution in [2.75, 3.05) is 0 Å². The van der Waals surface area contributed by atoms with Crippen LogP contribution >= 0.6 is 39.1 Å². The Morgan fingerprint density at radius 3 is 2.56 bits per heavy atom. The summed E-state index contributed by atoms with van der Waals surface area (Å²) in [4.78, 5) is 10.7. The summed E-state index contributed by atoms with van der Waals surface area (Å²) in [5, 5.41) is -0.0563. The van der Waals surface area contributed by atoms with Gasteiger partial charge in [-0.3, -0.25) is 0 Å². The van der Waals surface area contributed by atoms with Gasteiger partial charge in [0.2, 0.25) is 11.7 Å². The zero-order valence-corrected chi connectivity index (χ0v) is 16.4. The standard InChI is InChI=1S/C16H8BrCl2F4N3O/c1-6(11-9(18)2-3-10(20)12(11)19)27-14-8-4-7(17)5-24-13(8)25-15(26-14)16(21,22)23/h2-6H,1H3/t6-/m1/s1. The number of fused-ring (bicyclic) bond motifs is 1. The molecule has 0 aliphatic heterocycles. The van der Waals surface area contributed by atoms with E-state index in [2.05, 4.69) is 30.9 Å². The van der Waals surface area contributed by atoms with Crippen LogP contribution in [0.2, 0.25) is 10.0 Å². The smallest absolute Gasteiger partial charge is 0.451 e. The number of hydrogen-bond acceptors (Lipinski definition) is 4. The van der Waals surface area contributed by atoms with E-state index in [4.69, 9.17) is 27.9 Å². The van der Waals surface area contributed by atoms with Crippen molar-refractivity contribution >= 4 is 50.2 Å². The van der Waals surface area contributed by atoms with Crippen LogP contribution in [0.25, 0.3) is 11.0 Å². The third-order valence-electron chi connectivity index (χ3n) is 3.51. The Morgan fingerprint density at radius 2 is 1.89 bits per heavy atom. The van der Waals surface area contributed by atoms with Crippen LogP contribution in [0.3, 0.4) is 0 Å². The highest BCUT2D eigenvalue weighted by Gasteiger charge is 2.36. The second kappa shape index (κ2) is 7.37. The Kier molecular flexibility index (Phi) is 5.47. The number of aromatic nitrogens is 3. The first-order valence-electron chi connectivity index (χ1n) is 7.28. The second-order valence-corrected chi connectivity index (χ2v) is 7.09. The molecule has 0 aliphatic rings. The molecule has 1 atom stereocenters. The fourth-order valence-electron chi connectivity index (χ4n) is 2.32. The lowest BCUT2D eigenvalue weighted by Gasteiger charge is -2.19. The molecule has 3 aromatic rings. The zero-order valence-electron chi connectivity index (χ0n) is 13.3. The quantitative estimate of drug-likeness (QED) is 0.319. The molecule has 27 heavy (non-hydrogen) atoms. The molecule has 0 aliphatic carbocycles. The van der Waals surface area contributed by atoms with E-state index < -0.39 is 23.9 Å². The molecular weight excluding hydrogens is 477 g/mol. The van der Waals surface area contributed by atoms with Crippen LogP contribution in [0, 0.1) is 5.82 Å². The van der Waals surface area contributed by atoms with Crippen LogP contribution in [0.1, 0.15) is 24.4 Å². The van der Waals surface area contributed by atoms with Crippen molar-refractivity contribution < 1.29 is 22.3 Å². The molecule has 3 rings (SSSR count). The van der Waals surface area contributed by atoms with Gasteiger partial charge in [-0.1, -0.05) is 23.2 Å². The fraction of sp³-hybridized carbons (Fsp3) is 0.188. The highest BCUT2D eigenvalue weighted by molar-refractivity contribution is 9.10. The zero-order chi connectivity index (χ0) is 19.9. The maximum Gasteiger partial charge on any atom is 0.451 e. The molecule has 1 aromatic carbocycles. The van der Waals surface area contributed by atoms with E-state index in [1.54, 1.807) is 0 Å². The summed E-state index contributed by atoms with van der Waals surface area (Å²) >= 11 is 15.2. The van der Waals surface area contributed by atoms with E-state index in [1.807, 2.05) is 0 Å². The number of rotatable bonds is 3. The molecule has 2 heterocycles. The molecule has 0 bridgehead atoms. The Balaban J connectivity index is 2.13. The summed E-state index contributed by atoms with van der Waals surface area (Å²) in [5.74, 6) is -2.53. The highest BCUT2D eigenvalue weighted by Crippen LogP contribution is 2.37. The fourth-order valence-corrected chi connectivity index (χ4v) is 3.33. The molecule has 0 fully saturated rings. The third-order valence-corrected chi connectivity index (χ3v) is 4.66. The minimum absolute atomic E-state index is 0.0848. The van der Waals surface area contributed by atoms with E-state index in [9.17, 15) is 17.6 Å². The Bertz CT molecular complexity index is 1030. The maximum atomic E-state index is 13.7. The van der Waals surface area contributed by atoms with Gasteiger partial charge in [0.15, 0.2) is 5.65 Å². The summed E-state index contributed by atoms with van der Waals surface area (Å²) in [6, 6.07) is 3.80. The highest BCUT2D eigenvalue weighted by atomic mass is 79.9. The molecule has 0 radical (unpaired) electrons. The van der Waals surface area contributed by atoms with Gasteiger partial charge >= 0.3 is 6.18 Å². The number of pyridine rings is 1. The lowest BCUT2D eigenvalue weighted by Crippen LogP contribution is -2.14. The number of hydrogen-bond donors (Lipinski definition) is 0. The van der Waals surface area contributed by atoms with E-state index in [0.717, 1.165) is 6.07 Å². The van der Waals surface area contributed by atoms with Crippen molar-refractivity contribution in [3.8, 4) is 5.88 Å². The van der Waals surface area contributed by atoms with Gasteiger partial charge in [-0.15, -0.1) is 0 Å². The summed E-state index contributed by atoms with van der Waals surface area (Å²) in [6.07, 6.45) is -4.51. The van der Waals surface area contributed by atoms with Crippen molar-refractivity contribution in [3.63, 3.8) is 0 Å². The van der Waals surface area contributed by atoms with Gasteiger partial charge in [-0.2, -0.15) is 18.2 Å². The Labute approximate surface area is 168 Å². The van der Waals surface area contributed by atoms with Crippen molar-refractivity contribution in [2.45, 2.75) is 19.2 Å². The Morgan fingerprint density at radius 1 is 1.19 bits per heavy atom. The molecule has 142 valence electrons. The topological polar surface area (TPSA) is 47.9 Å². The predicted octanol–water partition coefficient (Wildman–Crippen LogP) is 6.39. The molecule has 0 saturated carbocycles. The average molecular weight is 485 g/mol. The molecule has 4 nitrogen and oxygen atoms in total. The molecule has 0 spiro atoms. The second-order valence-electron chi connectivity index (χ2n) is 5.39. The van der Waals surface area contributed by atoms with Crippen LogP contribution in [0.4, 0.5) is 17.6 Å². The number of alkyl halides is 3. The van der Waals surface area contributed by atoms with Crippen molar-refractivity contribution in [1.82, 2.24) is 15.0 Å². The van der Waals surface area contributed by atoms with E-state index in [-0.39, 0.29) is 32.5 Å². The minimum Gasteiger partial charge on any atom is -0.469 e. The molecule has 0 amide bonds. The monoisotopic (exact) mass is 483 g/mol. The van der Waals surface area contributed by atoms with E-state index >= 15 is 0 Å². The lowest BCUT2D eigenvalue weighted by molar-refractivity contribution is -0.145. The molecular formula is C16H8BrCl2F4N3O. The minimum atomic E-state index is -4.81. The van der Waals surface area contributed by atoms with Crippen LogP contribution in [0.15, 0.2) is 28.9 Å². The van der Waals surface area contributed by atoms with Crippen LogP contribution in [-0.4, -0.2) is 15.0 Å². The summed E-state index contributed by atoms with van der Waals surface area (Å²) in [7, 11) is 0. The summed E-state index contributed by atoms with van der Waals surface area (Å²) in [5.41, 5.74) is -0.124. The largest absolute Gasteiger partial charge is 0.469 e. The van der Waals surface area contributed by atoms with E-state index in [1.165, 1.54) is 25.3 Å². The van der Waals surface area contributed by atoms with Crippen molar-refractivity contribution in [2.24, 2.45) is 0 Å². The molecule has 0 unspecified atom stereocenters. The van der Waals surface area contributed by atoms with Crippen molar-refractivity contribution in [3.05, 3.63) is 56.1 Å². The van der Waals surface area contributed by atoms with Gasteiger partial charge in [0, 0.05) is 21.3 Å². The molecule has 2 aromatic heterocycles. The molecule has 0 saturated heterocycles.